The molecule has 0 aromatic heterocycles. The molecule has 0 radical (unpaired) electrons. The summed E-state index contributed by atoms with van der Waals surface area (Å²) in [4.78, 5) is 2.43. The fourth-order valence-corrected chi connectivity index (χ4v) is 2.76. The summed E-state index contributed by atoms with van der Waals surface area (Å²) in [7, 11) is 0. The van der Waals surface area contributed by atoms with E-state index in [1.54, 1.807) is 0 Å². The van der Waals surface area contributed by atoms with E-state index in [1.165, 1.54) is 6.42 Å². The quantitative estimate of drug-likeness (QED) is 0.885. The lowest BCUT2D eigenvalue weighted by molar-refractivity contribution is 0.285. The predicted molar refractivity (Wildman–Crippen MR) is 77.5 cm³/mol. The Bertz CT molecular complexity index is 417. The number of hydrogen-bond acceptors (Lipinski definition) is 3. The van der Waals surface area contributed by atoms with Gasteiger partial charge < -0.3 is 9.84 Å². The minimum absolute atomic E-state index is 0.303. The maximum absolute atomic E-state index is 10.2. The Hall–Kier alpha value is -1.22. The van der Waals surface area contributed by atoms with Gasteiger partial charge in [0.15, 0.2) is 11.5 Å². The van der Waals surface area contributed by atoms with Crippen molar-refractivity contribution < 1.29 is 9.84 Å². The van der Waals surface area contributed by atoms with E-state index in [-0.39, 0.29) is 0 Å². The van der Waals surface area contributed by atoms with E-state index in [0.717, 1.165) is 37.0 Å². The molecule has 0 amide bonds. The molecule has 1 N–H and O–H groups in total. The number of ether oxygens (including phenoxy) is 1. The molecule has 1 aromatic rings. The van der Waals surface area contributed by atoms with Crippen LogP contribution in [0.5, 0.6) is 11.5 Å². The largest absolute Gasteiger partial charge is 0.504 e. The first-order valence-electron chi connectivity index (χ1n) is 7.27. The van der Waals surface area contributed by atoms with Crippen LogP contribution in [0.3, 0.4) is 0 Å². The molecule has 3 nitrogen and oxygen atoms in total. The summed E-state index contributed by atoms with van der Waals surface area (Å²) >= 11 is 0. The minimum atomic E-state index is 0.303. The first kappa shape index (κ1) is 14.2. The van der Waals surface area contributed by atoms with Crippen molar-refractivity contribution in [2.45, 2.75) is 33.7 Å². The molecule has 106 valence electrons. The van der Waals surface area contributed by atoms with Crippen molar-refractivity contribution in [3.05, 3.63) is 23.8 Å². The van der Waals surface area contributed by atoms with Gasteiger partial charge in [0.05, 0.1) is 6.61 Å². The van der Waals surface area contributed by atoms with Gasteiger partial charge in [-0.25, -0.2) is 0 Å². The molecule has 1 unspecified atom stereocenters. The van der Waals surface area contributed by atoms with E-state index in [4.69, 9.17) is 4.74 Å². The highest BCUT2D eigenvalue weighted by Gasteiger charge is 2.25. The molecule has 1 heterocycles. The van der Waals surface area contributed by atoms with E-state index in [2.05, 4.69) is 18.7 Å². The number of phenolic OH excluding ortho intramolecular Hbond substituents is 1. The number of rotatable bonds is 5. The highest BCUT2D eigenvalue weighted by atomic mass is 16.5. The average molecular weight is 263 g/mol. The van der Waals surface area contributed by atoms with E-state index >= 15 is 0 Å². The zero-order chi connectivity index (χ0) is 13.8. The lowest BCUT2D eigenvalue weighted by atomic mass is 9.95. The van der Waals surface area contributed by atoms with Gasteiger partial charge in [-0.3, -0.25) is 4.90 Å². The van der Waals surface area contributed by atoms with Crippen molar-refractivity contribution in [2.75, 3.05) is 19.7 Å². The maximum Gasteiger partial charge on any atom is 0.162 e. The fraction of sp³-hybridized carbons (Fsp3) is 0.625. The van der Waals surface area contributed by atoms with Crippen LogP contribution in [-0.4, -0.2) is 29.7 Å². The summed E-state index contributed by atoms with van der Waals surface area (Å²) in [5.74, 6) is 2.43. The summed E-state index contributed by atoms with van der Waals surface area (Å²) in [6, 6.07) is 5.76. The van der Waals surface area contributed by atoms with Gasteiger partial charge in [-0.2, -0.15) is 0 Å². The lowest BCUT2D eigenvalue weighted by Crippen LogP contribution is -2.21. The molecule has 1 atom stereocenters. The van der Waals surface area contributed by atoms with E-state index in [9.17, 15) is 5.11 Å². The molecule has 1 aromatic carbocycles. The fourth-order valence-electron chi connectivity index (χ4n) is 2.76. The Labute approximate surface area is 116 Å². The Morgan fingerprint density at radius 2 is 2.21 bits per heavy atom. The summed E-state index contributed by atoms with van der Waals surface area (Å²) in [6.45, 7) is 10.2. The number of para-hydroxylation sites is 1. The van der Waals surface area contributed by atoms with Crippen LogP contribution in [0.4, 0.5) is 0 Å². The smallest absolute Gasteiger partial charge is 0.162 e. The Kier molecular flexibility index (Phi) is 4.70. The molecular formula is C16H25NO2. The van der Waals surface area contributed by atoms with Gasteiger partial charge in [0.1, 0.15) is 0 Å². The second kappa shape index (κ2) is 6.29. The molecule has 1 aliphatic heterocycles. The number of aromatic hydroxyl groups is 1. The van der Waals surface area contributed by atoms with Crippen molar-refractivity contribution in [2.24, 2.45) is 11.8 Å². The van der Waals surface area contributed by atoms with Crippen LogP contribution in [0.25, 0.3) is 0 Å². The predicted octanol–water partition coefficient (Wildman–Crippen LogP) is 3.27. The standard InChI is InChI=1S/C16H25NO2/c1-4-19-15-7-5-6-14(16(15)18)11-17-9-8-13(10-17)12(2)3/h5-7,12-13,18H,4,8-11H2,1-3H3. The SMILES string of the molecule is CCOc1cccc(CN2CCC(C(C)C)C2)c1O. The van der Waals surface area contributed by atoms with Gasteiger partial charge in [-0.05, 0) is 37.8 Å². The Morgan fingerprint density at radius 1 is 1.42 bits per heavy atom. The topological polar surface area (TPSA) is 32.7 Å². The number of nitrogens with zero attached hydrogens (tertiary/aromatic N) is 1. The molecule has 19 heavy (non-hydrogen) atoms. The van der Waals surface area contributed by atoms with Crippen molar-refractivity contribution in [1.29, 1.82) is 0 Å². The molecule has 3 heteroatoms. The number of likely N-dealkylation sites (tertiary alicyclic amines) is 1. The van der Waals surface area contributed by atoms with Gasteiger partial charge in [0, 0.05) is 18.7 Å². The zero-order valence-corrected chi connectivity index (χ0v) is 12.2. The van der Waals surface area contributed by atoms with Crippen LogP contribution in [0.15, 0.2) is 18.2 Å². The van der Waals surface area contributed by atoms with Crippen LogP contribution in [0.2, 0.25) is 0 Å². The van der Waals surface area contributed by atoms with Gasteiger partial charge in [0.2, 0.25) is 0 Å². The van der Waals surface area contributed by atoms with Crippen molar-refractivity contribution >= 4 is 0 Å². The van der Waals surface area contributed by atoms with Crippen LogP contribution in [0.1, 0.15) is 32.8 Å². The van der Waals surface area contributed by atoms with Crippen LogP contribution >= 0.6 is 0 Å². The van der Waals surface area contributed by atoms with E-state index in [1.807, 2.05) is 25.1 Å². The van der Waals surface area contributed by atoms with E-state index in [0.29, 0.717) is 18.1 Å². The highest BCUT2D eigenvalue weighted by Crippen LogP contribution is 2.32. The van der Waals surface area contributed by atoms with Gasteiger partial charge in [0.25, 0.3) is 0 Å². The molecule has 0 spiro atoms. The second-order valence-electron chi connectivity index (χ2n) is 5.72. The second-order valence-corrected chi connectivity index (χ2v) is 5.72. The third-order valence-electron chi connectivity index (χ3n) is 4.03. The summed E-state index contributed by atoms with van der Waals surface area (Å²) in [5, 5.41) is 10.2. The third kappa shape index (κ3) is 3.41. The van der Waals surface area contributed by atoms with Crippen molar-refractivity contribution in [3.63, 3.8) is 0 Å². The molecule has 0 saturated carbocycles. The number of hydrogen-bond donors (Lipinski definition) is 1. The Balaban J connectivity index is 2.02. The molecule has 1 fully saturated rings. The van der Waals surface area contributed by atoms with Crippen LogP contribution < -0.4 is 4.74 Å². The number of phenols is 1. The zero-order valence-electron chi connectivity index (χ0n) is 12.2. The first-order chi connectivity index (χ1) is 9.11. The van der Waals surface area contributed by atoms with Gasteiger partial charge in [-0.15, -0.1) is 0 Å². The van der Waals surface area contributed by atoms with E-state index < -0.39 is 0 Å². The van der Waals surface area contributed by atoms with Crippen LogP contribution in [0, 0.1) is 11.8 Å². The van der Waals surface area contributed by atoms with Gasteiger partial charge >= 0.3 is 0 Å². The number of benzene rings is 1. The molecule has 0 aliphatic carbocycles. The molecule has 2 rings (SSSR count). The highest BCUT2D eigenvalue weighted by molar-refractivity contribution is 5.45. The molecular weight excluding hydrogens is 238 g/mol. The Morgan fingerprint density at radius 3 is 2.84 bits per heavy atom. The minimum Gasteiger partial charge on any atom is -0.504 e. The summed E-state index contributed by atoms with van der Waals surface area (Å²) in [5.41, 5.74) is 0.968. The summed E-state index contributed by atoms with van der Waals surface area (Å²) in [6.07, 6.45) is 1.27. The summed E-state index contributed by atoms with van der Waals surface area (Å²) < 4.78 is 5.43. The van der Waals surface area contributed by atoms with Crippen molar-refractivity contribution in [3.8, 4) is 11.5 Å². The monoisotopic (exact) mass is 263 g/mol. The first-order valence-corrected chi connectivity index (χ1v) is 7.27. The molecule has 1 aliphatic rings. The lowest BCUT2D eigenvalue weighted by Gasteiger charge is -2.19. The molecule has 1 saturated heterocycles. The van der Waals surface area contributed by atoms with Crippen LogP contribution in [-0.2, 0) is 6.54 Å². The van der Waals surface area contributed by atoms with Gasteiger partial charge in [-0.1, -0.05) is 26.0 Å². The van der Waals surface area contributed by atoms with Crippen molar-refractivity contribution in [1.82, 2.24) is 4.90 Å². The average Bonchev–Trinajstić information content (AvgIpc) is 2.83. The molecule has 0 bridgehead atoms. The maximum atomic E-state index is 10.2. The normalized spacial score (nSPS) is 20.1. The third-order valence-corrected chi connectivity index (χ3v) is 4.03.